The van der Waals surface area contributed by atoms with Crippen LogP contribution in [0, 0.1) is 0 Å². The molecule has 1 heterocycles. The number of carbonyl (C=O) groups is 3. The van der Waals surface area contributed by atoms with E-state index in [9.17, 15) is 14.4 Å². The second kappa shape index (κ2) is 6.96. The number of ether oxygens (including phenoxy) is 2. The zero-order chi connectivity index (χ0) is 18.8. The molecule has 7 heteroatoms. The second-order valence-electron chi connectivity index (χ2n) is 6.70. The largest absolute Gasteiger partial charge is 0.463 e. The standard InChI is InChI=1S/C18H22N2O5/c1-18(2,3)25-17(23)20(4)10-11-7-6-8-12-13(9-19-14(11)12)15(21)16(22)24-5/h6-9,19H,10H2,1-5H3. The highest BCUT2D eigenvalue weighted by Gasteiger charge is 2.23. The van der Waals surface area contributed by atoms with Gasteiger partial charge in [0.1, 0.15) is 5.60 Å². The van der Waals surface area contributed by atoms with Crippen molar-refractivity contribution in [2.45, 2.75) is 32.9 Å². The lowest BCUT2D eigenvalue weighted by molar-refractivity contribution is -0.135. The van der Waals surface area contributed by atoms with Crippen LogP contribution in [0.3, 0.4) is 0 Å². The number of fused-ring (bicyclic) bond motifs is 1. The van der Waals surface area contributed by atoms with Gasteiger partial charge >= 0.3 is 12.1 Å². The van der Waals surface area contributed by atoms with Gasteiger partial charge in [-0.25, -0.2) is 9.59 Å². The highest BCUT2D eigenvalue weighted by molar-refractivity contribution is 6.43. The van der Waals surface area contributed by atoms with Crippen molar-refractivity contribution in [2.24, 2.45) is 0 Å². The number of hydrogen-bond donors (Lipinski definition) is 1. The van der Waals surface area contributed by atoms with E-state index in [0.29, 0.717) is 17.4 Å². The molecule has 1 aromatic carbocycles. The van der Waals surface area contributed by atoms with Crippen molar-refractivity contribution in [3.63, 3.8) is 0 Å². The minimum absolute atomic E-state index is 0.239. The summed E-state index contributed by atoms with van der Waals surface area (Å²) in [5.74, 6) is -1.64. The van der Waals surface area contributed by atoms with Crippen LogP contribution in [0.2, 0.25) is 0 Å². The van der Waals surface area contributed by atoms with Gasteiger partial charge in [0.15, 0.2) is 0 Å². The Morgan fingerprint density at radius 1 is 1.20 bits per heavy atom. The van der Waals surface area contributed by atoms with Gasteiger partial charge in [0, 0.05) is 18.6 Å². The van der Waals surface area contributed by atoms with Crippen molar-refractivity contribution < 1.29 is 23.9 Å². The van der Waals surface area contributed by atoms with Crippen LogP contribution in [0.4, 0.5) is 4.79 Å². The molecule has 7 nitrogen and oxygen atoms in total. The molecule has 0 spiro atoms. The number of methoxy groups -OCH3 is 1. The van der Waals surface area contributed by atoms with E-state index >= 15 is 0 Å². The third-order valence-corrected chi connectivity index (χ3v) is 3.53. The van der Waals surface area contributed by atoms with Gasteiger partial charge in [0.2, 0.25) is 0 Å². The number of nitrogens with zero attached hydrogens (tertiary/aromatic N) is 1. The van der Waals surface area contributed by atoms with Gasteiger partial charge in [-0.15, -0.1) is 0 Å². The fourth-order valence-corrected chi connectivity index (χ4v) is 2.40. The van der Waals surface area contributed by atoms with Crippen LogP contribution in [0.1, 0.15) is 36.7 Å². The number of carbonyl (C=O) groups excluding carboxylic acids is 3. The zero-order valence-electron chi connectivity index (χ0n) is 15.0. The molecule has 0 aliphatic rings. The molecule has 0 radical (unpaired) electrons. The lowest BCUT2D eigenvalue weighted by atomic mass is 10.1. The monoisotopic (exact) mass is 346 g/mol. The molecular weight excluding hydrogens is 324 g/mol. The highest BCUT2D eigenvalue weighted by Crippen LogP contribution is 2.24. The average Bonchev–Trinajstić information content (AvgIpc) is 2.96. The summed E-state index contributed by atoms with van der Waals surface area (Å²) >= 11 is 0. The number of hydrogen-bond acceptors (Lipinski definition) is 5. The van der Waals surface area contributed by atoms with Gasteiger partial charge in [0.25, 0.3) is 5.78 Å². The number of ketones is 1. The maximum Gasteiger partial charge on any atom is 0.410 e. The molecule has 2 aromatic rings. The molecule has 0 aliphatic carbocycles. The molecule has 0 atom stereocenters. The molecule has 0 aliphatic heterocycles. The topological polar surface area (TPSA) is 88.7 Å². The van der Waals surface area contributed by atoms with E-state index in [1.54, 1.807) is 40.0 Å². The van der Waals surface area contributed by atoms with Crippen molar-refractivity contribution in [1.29, 1.82) is 0 Å². The van der Waals surface area contributed by atoms with Gasteiger partial charge in [0.05, 0.1) is 24.7 Å². The molecule has 134 valence electrons. The van der Waals surface area contributed by atoms with Crippen LogP contribution in [-0.4, -0.2) is 47.5 Å². The van der Waals surface area contributed by atoms with Crippen LogP contribution in [0.15, 0.2) is 24.4 Å². The first-order valence-corrected chi connectivity index (χ1v) is 7.79. The quantitative estimate of drug-likeness (QED) is 0.522. The number of nitrogens with one attached hydrogen (secondary N) is 1. The van der Waals surface area contributed by atoms with Crippen molar-refractivity contribution in [3.8, 4) is 0 Å². The first-order chi connectivity index (χ1) is 11.6. The molecule has 0 unspecified atom stereocenters. The van der Waals surface area contributed by atoms with Gasteiger partial charge in [-0.05, 0) is 26.3 Å². The molecule has 1 aromatic heterocycles. The van der Waals surface area contributed by atoms with E-state index in [2.05, 4.69) is 9.72 Å². The summed E-state index contributed by atoms with van der Waals surface area (Å²) < 4.78 is 9.82. The predicted molar refractivity (Wildman–Crippen MR) is 92.3 cm³/mol. The fourth-order valence-electron chi connectivity index (χ4n) is 2.40. The number of amides is 1. The van der Waals surface area contributed by atoms with E-state index < -0.39 is 23.4 Å². The number of esters is 1. The first-order valence-electron chi connectivity index (χ1n) is 7.79. The molecule has 2 rings (SSSR count). The molecule has 1 N–H and O–H groups in total. The third-order valence-electron chi connectivity index (χ3n) is 3.53. The second-order valence-corrected chi connectivity index (χ2v) is 6.70. The smallest absolute Gasteiger partial charge is 0.410 e. The molecule has 1 amide bonds. The Morgan fingerprint density at radius 2 is 1.88 bits per heavy atom. The van der Waals surface area contributed by atoms with E-state index in [1.807, 2.05) is 6.07 Å². The van der Waals surface area contributed by atoms with E-state index in [-0.39, 0.29) is 5.56 Å². The number of benzene rings is 1. The van der Waals surface area contributed by atoms with Gasteiger partial charge in [-0.2, -0.15) is 0 Å². The number of aromatic amines is 1. The lowest BCUT2D eigenvalue weighted by Crippen LogP contribution is -2.33. The summed E-state index contributed by atoms with van der Waals surface area (Å²) in [5.41, 5.74) is 1.15. The summed E-state index contributed by atoms with van der Waals surface area (Å²) in [4.78, 5) is 40.1. The number of aromatic nitrogens is 1. The Hall–Kier alpha value is -2.83. The number of Topliss-reactive ketones (excluding diaryl/α,β-unsaturated/α-hetero) is 1. The molecule has 0 bridgehead atoms. The Morgan fingerprint density at radius 3 is 2.48 bits per heavy atom. The van der Waals surface area contributed by atoms with Crippen molar-refractivity contribution in [3.05, 3.63) is 35.5 Å². The Labute approximate surface area is 145 Å². The molecule has 25 heavy (non-hydrogen) atoms. The van der Waals surface area contributed by atoms with E-state index in [0.717, 1.165) is 12.7 Å². The summed E-state index contributed by atoms with van der Waals surface area (Å²) in [6.45, 7) is 5.69. The number of rotatable bonds is 4. The molecule has 0 saturated heterocycles. The summed E-state index contributed by atoms with van der Waals surface area (Å²) in [6.07, 6.45) is 1.03. The summed E-state index contributed by atoms with van der Waals surface area (Å²) in [5, 5.41) is 0.602. The van der Waals surface area contributed by atoms with E-state index in [4.69, 9.17) is 4.74 Å². The van der Waals surface area contributed by atoms with Crippen molar-refractivity contribution in [2.75, 3.05) is 14.2 Å². The molecule has 0 saturated carbocycles. The van der Waals surface area contributed by atoms with Gasteiger partial charge in [-0.1, -0.05) is 18.2 Å². The predicted octanol–water partition coefficient (Wildman–Crippen LogP) is 2.89. The first kappa shape index (κ1) is 18.5. The number of para-hydroxylation sites is 1. The van der Waals surface area contributed by atoms with Crippen LogP contribution in [-0.2, 0) is 20.8 Å². The SMILES string of the molecule is COC(=O)C(=O)c1c[nH]c2c(CN(C)C(=O)OC(C)(C)C)cccc12. The van der Waals surface area contributed by atoms with Crippen LogP contribution in [0.25, 0.3) is 10.9 Å². The van der Waals surface area contributed by atoms with Crippen LogP contribution in [0.5, 0.6) is 0 Å². The average molecular weight is 346 g/mol. The Kier molecular flexibility index (Phi) is 5.15. The fraction of sp³-hybridized carbons (Fsp3) is 0.389. The normalized spacial score (nSPS) is 11.2. The van der Waals surface area contributed by atoms with Crippen LogP contribution >= 0.6 is 0 Å². The lowest BCUT2D eigenvalue weighted by Gasteiger charge is -2.24. The van der Waals surface area contributed by atoms with Gasteiger partial charge in [-0.3, -0.25) is 4.79 Å². The highest BCUT2D eigenvalue weighted by atomic mass is 16.6. The molecular formula is C18H22N2O5. The zero-order valence-corrected chi connectivity index (χ0v) is 15.0. The van der Waals surface area contributed by atoms with Crippen molar-refractivity contribution >= 4 is 28.7 Å². The maximum absolute atomic E-state index is 12.1. The van der Waals surface area contributed by atoms with Crippen molar-refractivity contribution in [1.82, 2.24) is 9.88 Å². The minimum atomic E-state index is -0.919. The van der Waals surface area contributed by atoms with Crippen LogP contribution < -0.4 is 0 Å². The Bertz CT molecular complexity index is 816. The third kappa shape index (κ3) is 4.17. The Balaban J connectivity index is 2.29. The summed E-state index contributed by atoms with van der Waals surface area (Å²) in [6, 6.07) is 5.34. The number of H-pyrrole nitrogens is 1. The van der Waals surface area contributed by atoms with E-state index in [1.165, 1.54) is 11.1 Å². The minimum Gasteiger partial charge on any atom is -0.463 e. The molecule has 0 fully saturated rings. The maximum atomic E-state index is 12.1. The van der Waals surface area contributed by atoms with Gasteiger partial charge < -0.3 is 19.4 Å². The summed E-state index contributed by atoms with van der Waals surface area (Å²) in [7, 11) is 2.80.